The molecule has 10 nitrogen and oxygen atoms in total. The summed E-state index contributed by atoms with van der Waals surface area (Å²) < 4.78 is 7.57. The minimum atomic E-state index is -1.13. The van der Waals surface area contributed by atoms with Crippen molar-refractivity contribution in [2.75, 3.05) is 5.32 Å². The lowest BCUT2D eigenvalue weighted by atomic mass is 9.95. The van der Waals surface area contributed by atoms with E-state index in [4.69, 9.17) is 10.5 Å². The predicted octanol–water partition coefficient (Wildman–Crippen LogP) is 0.702. The number of hydrogen-bond acceptors (Lipinski definition) is 8. The highest BCUT2D eigenvalue weighted by Gasteiger charge is 2.44. The van der Waals surface area contributed by atoms with Crippen molar-refractivity contribution in [3.63, 3.8) is 0 Å². The van der Waals surface area contributed by atoms with E-state index in [0.717, 1.165) is 5.92 Å². The van der Waals surface area contributed by atoms with E-state index in [2.05, 4.69) is 20.3 Å². The Hall–Kier alpha value is -2.30. The molecule has 3 aliphatic rings. The Kier molecular flexibility index (Phi) is 5.08. The highest BCUT2D eigenvalue weighted by Crippen LogP contribution is 2.45. The number of anilines is 1. The summed E-state index contributed by atoms with van der Waals surface area (Å²) in [5.41, 5.74) is 6.35. The standard InChI is InChI=1S/C20H28N6O4/c21-14(27)3-1-2-13-16(28)17(29)20(30-13)26-9-24-15-18(22-8-23-19(15)26)25-12-7-10-4-5-11(12)6-10/h8-13,16-17,20,28-29H,1-7H2,(H2,21,27)(H,22,23,25)/t10?,11?,12?,13-,16?,17?,20-/m1/s1. The molecule has 1 saturated heterocycles. The number of hydrogen-bond donors (Lipinski definition) is 4. The average Bonchev–Trinajstić information content (AvgIpc) is 3.49. The number of imidazole rings is 1. The number of amides is 1. The molecule has 3 heterocycles. The Morgan fingerprint density at radius 3 is 2.83 bits per heavy atom. The number of rotatable bonds is 7. The molecule has 2 aromatic rings. The molecule has 1 amide bonds. The summed E-state index contributed by atoms with van der Waals surface area (Å²) in [6.45, 7) is 0. The van der Waals surface area contributed by atoms with Crippen LogP contribution in [0.4, 0.5) is 5.82 Å². The van der Waals surface area contributed by atoms with Gasteiger partial charge in [-0.1, -0.05) is 6.42 Å². The zero-order valence-electron chi connectivity index (χ0n) is 16.7. The smallest absolute Gasteiger partial charge is 0.217 e. The van der Waals surface area contributed by atoms with Gasteiger partial charge in [-0.3, -0.25) is 9.36 Å². The van der Waals surface area contributed by atoms with Gasteiger partial charge in [-0.2, -0.15) is 0 Å². The second-order valence-corrected chi connectivity index (χ2v) is 8.88. The van der Waals surface area contributed by atoms with E-state index in [1.54, 1.807) is 10.9 Å². The number of fused-ring (bicyclic) bond motifs is 3. The number of carbonyl (C=O) groups is 1. The molecule has 162 valence electrons. The molecular weight excluding hydrogens is 388 g/mol. The SMILES string of the molecule is NC(=O)CCC[C@H]1O[C@@H](n2cnc3c(NC4CC5CCC4C5)ncnc32)C(O)C1O. The Labute approximate surface area is 173 Å². The van der Waals surface area contributed by atoms with Crippen LogP contribution in [-0.2, 0) is 9.53 Å². The predicted molar refractivity (Wildman–Crippen MR) is 107 cm³/mol. The van der Waals surface area contributed by atoms with Crippen molar-refractivity contribution in [2.45, 2.75) is 75.5 Å². The van der Waals surface area contributed by atoms with Gasteiger partial charge in [-0.15, -0.1) is 0 Å². The number of primary amides is 1. The number of aromatic nitrogens is 4. The maximum atomic E-state index is 11.0. The maximum Gasteiger partial charge on any atom is 0.217 e. The molecule has 2 aliphatic carbocycles. The summed E-state index contributed by atoms with van der Waals surface area (Å²) in [5.74, 6) is 1.81. The van der Waals surface area contributed by atoms with Crippen molar-refractivity contribution in [3.05, 3.63) is 12.7 Å². The second-order valence-electron chi connectivity index (χ2n) is 8.88. The van der Waals surface area contributed by atoms with Crippen LogP contribution in [0.5, 0.6) is 0 Å². The van der Waals surface area contributed by atoms with E-state index in [1.165, 1.54) is 32.0 Å². The van der Waals surface area contributed by atoms with Gasteiger partial charge in [-0.25, -0.2) is 15.0 Å². The highest BCUT2D eigenvalue weighted by atomic mass is 16.6. The first-order valence-electron chi connectivity index (χ1n) is 10.7. The van der Waals surface area contributed by atoms with E-state index in [1.807, 2.05) is 0 Å². The fraction of sp³-hybridized carbons (Fsp3) is 0.700. The quantitative estimate of drug-likeness (QED) is 0.515. The lowest BCUT2D eigenvalue weighted by Gasteiger charge is -2.23. The molecule has 2 saturated carbocycles. The minimum Gasteiger partial charge on any atom is -0.388 e. The number of aliphatic hydroxyl groups is 2. The fourth-order valence-corrected chi connectivity index (χ4v) is 5.42. The highest BCUT2D eigenvalue weighted by molar-refractivity contribution is 5.82. The average molecular weight is 416 g/mol. The molecule has 10 heteroatoms. The van der Waals surface area contributed by atoms with Crippen molar-refractivity contribution >= 4 is 22.9 Å². The third-order valence-electron chi connectivity index (χ3n) is 6.94. The van der Waals surface area contributed by atoms with Crippen LogP contribution in [0, 0.1) is 11.8 Å². The Bertz CT molecular complexity index is 935. The van der Waals surface area contributed by atoms with Gasteiger partial charge in [0.05, 0.1) is 12.4 Å². The molecule has 1 aliphatic heterocycles. The largest absolute Gasteiger partial charge is 0.388 e. The van der Waals surface area contributed by atoms with Crippen LogP contribution >= 0.6 is 0 Å². The van der Waals surface area contributed by atoms with Gasteiger partial charge >= 0.3 is 0 Å². The lowest BCUT2D eigenvalue weighted by molar-refractivity contribution is -0.118. The second kappa shape index (κ2) is 7.75. The molecule has 30 heavy (non-hydrogen) atoms. The summed E-state index contributed by atoms with van der Waals surface area (Å²) in [4.78, 5) is 24.2. The van der Waals surface area contributed by atoms with Crippen LogP contribution in [0.2, 0.25) is 0 Å². The normalized spacial score (nSPS) is 35.3. The summed E-state index contributed by atoms with van der Waals surface area (Å²) in [5, 5.41) is 24.5. The van der Waals surface area contributed by atoms with Crippen LogP contribution < -0.4 is 11.1 Å². The maximum absolute atomic E-state index is 11.0. The number of aliphatic hydroxyl groups excluding tert-OH is 2. The van der Waals surface area contributed by atoms with Crippen LogP contribution in [0.1, 0.15) is 51.2 Å². The van der Waals surface area contributed by atoms with Crippen molar-refractivity contribution < 1.29 is 19.7 Å². The van der Waals surface area contributed by atoms with E-state index in [9.17, 15) is 15.0 Å². The van der Waals surface area contributed by atoms with Crippen LogP contribution in [0.15, 0.2) is 12.7 Å². The summed E-state index contributed by atoms with van der Waals surface area (Å²) >= 11 is 0. The van der Waals surface area contributed by atoms with Gasteiger partial charge in [-0.05, 0) is 43.9 Å². The first-order valence-corrected chi connectivity index (χ1v) is 10.7. The van der Waals surface area contributed by atoms with Crippen LogP contribution in [0.3, 0.4) is 0 Å². The molecular formula is C20H28N6O4. The Morgan fingerprint density at radius 1 is 1.23 bits per heavy atom. The first-order chi connectivity index (χ1) is 14.5. The van der Waals surface area contributed by atoms with Gasteiger partial charge < -0.3 is 26.0 Å². The topological polar surface area (TPSA) is 148 Å². The van der Waals surface area contributed by atoms with E-state index < -0.39 is 30.4 Å². The molecule has 3 fully saturated rings. The van der Waals surface area contributed by atoms with Crippen molar-refractivity contribution in [3.8, 4) is 0 Å². The van der Waals surface area contributed by atoms with Gasteiger partial charge in [0.25, 0.3) is 0 Å². The van der Waals surface area contributed by atoms with Gasteiger partial charge in [0.2, 0.25) is 5.91 Å². The Morgan fingerprint density at radius 2 is 2.10 bits per heavy atom. The lowest BCUT2D eigenvalue weighted by Crippen LogP contribution is -2.31. The molecule has 0 spiro atoms. The van der Waals surface area contributed by atoms with Crippen molar-refractivity contribution in [2.24, 2.45) is 17.6 Å². The number of nitrogens with zero attached hydrogens (tertiary/aromatic N) is 4. The molecule has 0 aromatic carbocycles. The zero-order valence-corrected chi connectivity index (χ0v) is 16.7. The molecule has 7 atom stereocenters. The van der Waals surface area contributed by atoms with E-state index in [-0.39, 0.29) is 6.42 Å². The van der Waals surface area contributed by atoms with Gasteiger partial charge in [0, 0.05) is 12.5 Å². The van der Waals surface area contributed by atoms with Gasteiger partial charge in [0.15, 0.2) is 23.2 Å². The van der Waals surface area contributed by atoms with Gasteiger partial charge in [0.1, 0.15) is 18.5 Å². The monoisotopic (exact) mass is 416 g/mol. The van der Waals surface area contributed by atoms with Crippen molar-refractivity contribution in [1.82, 2.24) is 19.5 Å². The van der Waals surface area contributed by atoms with Crippen LogP contribution in [-0.4, -0.2) is 60.0 Å². The number of ether oxygens (including phenoxy) is 1. The minimum absolute atomic E-state index is 0.215. The summed E-state index contributed by atoms with van der Waals surface area (Å²) in [6, 6.07) is 0.414. The van der Waals surface area contributed by atoms with Crippen molar-refractivity contribution in [1.29, 1.82) is 0 Å². The number of carbonyl (C=O) groups excluding carboxylic acids is 1. The molecule has 5 N–H and O–H groups in total. The van der Waals surface area contributed by atoms with E-state index in [0.29, 0.717) is 41.8 Å². The third-order valence-corrected chi connectivity index (χ3v) is 6.94. The summed E-state index contributed by atoms with van der Waals surface area (Å²) in [7, 11) is 0. The number of nitrogens with one attached hydrogen (secondary N) is 1. The molecule has 0 radical (unpaired) electrons. The number of nitrogens with two attached hydrogens (primary N) is 1. The molecule has 5 rings (SSSR count). The third kappa shape index (κ3) is 3.42. The molecule has 5 unspecified atom stereocenters. The Balaban J connectivity index is 1.34. The first kappa shape index (κ1) is 19.7. The van der Waals surface area contributed by atoms with E-state index >= 15 is 0 Å². The molecule has 2 bridgehead atoms. The summed E-state index contributed by atoms with van der Waals surface area (Å²) in [6.07, 6.45) is 5.65. The fourth-order valence-electron chi connectivity index (χ4n) is 5.42. The van der Waals surface area contributed by atoms with Crippen LogP contribution in [0.25, 0.3) is 11.2 Å². The molecule has 2 aromatic heterocycles. The zero-order chi connectivity index (χ0) is 20.8.